The number of hydrogen-bond donors (Lipinski definition) is 0. The molecule has 0 heterocycles. The van der Waals surface area contributed by atoms with Gasteiger partial charge in [-0.05, 0) is 74.7 Å². The molecule has 0 amide bonds. The monoisotopic (exact) mass is 301 g/mol. The lowest BCUT2D eigenvalue weighted by atomic mass is 10.1. The maximum atomic E-state index is 2.33. The zero-order valence-electron chi connectivity index (χ0n) is 14.3. The summed E-state index contributed by atoms with van der Waals surface area (Å²) in [6.45, 7) is 8.64. The number of para-hydroxylation sites is 1. The summed E-state index contributed by atoms with van der Waals surface area (Å²) >= 11 is 0. The minimum Gasteiger partial charge on any atom is -0.310 e. The normalized spacial score (nSPS) is 10.6. The SMILES string of the molecule is Cc1ccc(N(c2ccccc2)c2ccc(C)c(C)c2)c(C)c1. The lowest BCUT2D eigenvalue weighted by Gasteiger charge is -2.27. The summed E-state index contributed by atoms with van der Waals surface area (Å²) in [6.07, 6.45) is 0. The van der Waals surface area contributed by atoms with E-state index in [1.165, 1.54) is 39.3 Å². The summed E-state index contributed by atoms with van der Waals surface area (Å²) in [7, 11) is 0. The predicted octanol–water partition coefficient (Wildman–Crippen LogP) is 6.39. The van der Waals surface area contributed by atoms with Crippen LogP contribution in [0.1, 0.15) is 22.3 Å². The van der Waals surface area contributed by atoms with Crippen LogP contribution in [0, 0.1) is 27.7 Å². The minimum atomic E-state index is 1.18. The van der Waals surface area contributed by atoms with Crippen LogP contribution in [-0.4, -0.2) is 0 Å². The summed E-state index contributed by atoms with van der Waals surface area (Å²) in [6, 6.07) is 23.9. The van der Waals surface area contributed by atoms with E-state index in [1.807, 2.05) is 0 Å². The molecule has 0 spiro atoms. The van der Waals surface area contributed by atoms with Crippen molar-refractivity contribution in [3.8, 4) is 0 Å². The molecule has 3 aromatic rings. The van der Waals surface area contributed by atoms with Crippen LogP contribution < -0.4 is 4.90 Å². The van der Waals surface area contributed by atoms with Crippen LogP contribution in [0.15, 0.2) is 66.7 Å². The topological polar surface area (TPSA) is 3.24 Å². The molecule has 0 atom stereocenters. The third-order valence-corrected chi connectivity index (χ3v) is 4.36. The van der Waals surface area contributed by atoms with Crippen molar-refractivity contribution >= 4 is 17.1 Å². The van der Waals surface area contributed by atoms with E-state index in [4.69, 9.17) is 0 Å². The molecule has 0 aliphatic heterocycles. The zero-order chi connectivity index (χ0) is 16.4. The standard InChI is InChI=1S/C22H23N/c1-16-10-13-22(19(4)14-16)23(20-8-6-5-7-9-20)21-12-11-17(2)18(3)15-21/h5-15H,1-4H3. The maximum Gasteiger partial charge on any atom is 0.0490 e. The molecule has 0 aromatic heterocycles. The van der Waals surface area contributed by atoms with Gasteiger partial charge in [0.25, 0.3) is 0 Å². The number of anilines is 3. The summed E-state index contributed by atoms with van der Waals surface area (Å²) in [5, 5.41) is 0. The van der Waals surface area contributed by atoms with Crippen LogP contribution in [0.2, 0.25) is 0 Å². The Bertz CT molecular complexity index is 819. The van der Waals surface area contributed by atoms with E-state index in [-0.39, 0.29) is 0 Å². The van der Waals surface area contributed by atoms with Crippen molar-refractivity contribution in [1.29, 1.82) is 0 Å². The molecule has 0 fully saturated rings. The molecular weight excluding hydrogens is 278 g/mol. The Hall–Kier alpha value is -2.54. The lowest BCUT2D eigenvalue weighted by Crippen LogP contribution is -2.11. The van der Waals surface area contributed by atoms with Crippen molar-refractivity contribution in [2.75, 3.05) is 4.90 Å². The molecule has 0 aliphatic rings. The smallest absolute Gasteiger partial charge is 0.0490 e. The summed E-state index contributed by atoms with van der Waals surface area (Å²) in [5.41, 5.74) is 8.82. The van der Waals surface area contributed by atoms with Crippen molar-refractivity contribution in [3.63, 3.8) is 0 Å². The fourth-order valence-electron chi connectivity index (χ4n) is 2.93. The van der Waals surface area contributed by atoms with E-state index in [2.05, 4.69) is 99.3 Å². The molecule has 0 aliphatic carbocycles. The molecule has 0 bridgehead atoms. The predicted molar refractivity (Wildman–Crippen MR) is 100 cm³/mol. The third kappa shape index (κ3) is 3.14. The number of benzene rings is 3. The zero-order valence-corrected chi connectivity index (χ0v) is 14.3. The van der Waals surface area contributed by atoms with E-state index in [9.17, 15) is 0 Å². The van der Waals surface area contributed by atoms with Crippen LogP contribution in [-0.2, 0) is 0 Å². The Morgan fingerprint density at radius 3 is 1.96 bits per heavy atom. The van der Waals surface area contributed by atoms with E-state index < -0.39 is 0 Å². The second kappa shape index (κ2) is 6.29. The van der Waals surface area contributed by atoms with Crippen molar-refractivity contribution in [3.05, 3.63) is 89.0 Å². The average Bonchev–Trinajstić information content (AvgIpc) is 2.54. The maximum absolute atomic E-state index is 2.33. The Balaban J connectivity index is 2.20. The van der Waals surface area contributed by atoms with Gasteiger partial charge in [-0.1, -0.05) is 42.0 Å². The number of aryl methyl sites for hydroxylation is 4. The number of hydrogen-bond acceptors (Lipinski definition) is 1. The van der Waals surface area contributed by atoms with Crippen LogP contribution >= 0.6 is 0 Å². The van der Waals surface area contributed by atoms with Gasteiger partial charge in [0.05, 0.1) is 0 Å². The van der Waals surface area contributed by atoms with Gasteiger partial charge in [-0.3, -0.25) is 0 Å². The quantitative estimate of drug-likeness (QED) is 0.541. The van der Waals surface area contributed by atoms with Crippen molar-refractivity contribution in [1.82, 2.24) is 0 Å². The molecule has 23 heavy (non-hydrogen) atoms. The van der Waals surface area contributed by atoms with E-state index in [1.54, 1.807) is 0 Å². The lowest BCUT2D eigenvalue weighted by molar-refractivity contribution is 1.22. The van der Waals surface area contributed by atoms with E-state index in [0.717, 1.165) is 0 Å². The van der Waals surface area contributed by atoms with Crippen LogP contribution in [0.3, 0.4) is 0 Å². The number of nitrogens with zero attached hydrogens (tertiary/aromatic N) is 1. The Morgan fingerprint density at radius 2 is 1.30 bits per heavy atom. The van der Waals surface area contributed by atoms with Gasteiger partial charge in [-0.25, -0.2) is 0 Å². The first kappa shape index (κ1) is 15.4. The molecule has 1 nitrogen and oxygen atoms in total. The fourth-order valence-corrected chi connectivity index (χ4v) is 2.93. The fraction of sp³-hybridized carbons (Fsp3) is 0.182. The number of rotatable bonds is 3. The van der Waals surface area contributed by atoms with Gasteiger partial charge in [0.1, 0.15) is 0 Å². The van der Waals surface area contributed by atoms with Gasteiger partial charge in [-0.15, -0.1) is 0 Å². The molecule has 0 unspecified atom stereocenters. The van der Waals surface area contributed by atoms with Crippen LogP contribution in [0.5, 0.6) is 0 Å². The second-order valence-corrected chi connectivity index (χ2v) is 6.23. The molecule has 0 saturated carbocycles. The Morgan fingerprint density at radius 1 is 0.565 bits per heavy atom. The van der Waals surface area contributed by atoms with Crippen LogP contribution in [0.25, 0.3) is 0 Å². The van der Waals surface area contributed by atoms with Crippen molar-refractivity contribution in [2.45, 2.75) is 27.7 Å². The molecule has 0 saturated heterocycles. The first-order chi connectivity index (χ1) is 11.1. The second-order valence-electron chi connectivity index (χ2n) is 6.23. The van der Waals surface area contributed by atoms with Gasteiger partial charge >= 0.3 is 0 Å². The van der Waals surface area contributed by atoms with Gasteiger partial charge in [0.15, 0.2) is 0 Å². The van der Waals surface area contributed by atoms with E-state index in [0.29, 0.717) is 0 Å². The third-order valence-electron chi connectivity index (χ3n) is 4.36. The van der Waals surface area contributed by atoms with Crippen LogP contribution in [0.4, 0.5) is 17.1 Å². The molecule has 1 heteroatoms. The van der Waals surface area contributed by atoms with Gasteiger partial charge in [-0.2, -0.15) is 0 Å². The van der Waals surface area contributed by atoms with Gasteiger partial charge in [0, 0.05) is 17.1 Å². The Kier molecular flexibility index (Phi) is 4.20. The molecule has 0 radical (unpaired) electrons. The van der Waals surface area contributed by atoms with Crippen molar-refractivity contribution < 1.29 is 0 Å². The molecule has 3 aromatic carbocycles. The average molecular weight is 301 g/mol. The highest BCUT2D eigenvalue weighted by Crippen LogP contribution is 2.37. The van der Waals surface area contributed by atoms with Gasteiger partial charge < -0.3 is 4.90 Å². The van der Waals surface area contributed by atoms with E-state index >= 15 is 0 Å². The Labute approximate surface area is 139 Å². The summed E-state index contributed by atoms with van der Waals surface area (Å²) in [5.74, 6) is 0. The summed E-state index contributed by atoms with van der Waals surface area (Å²) in [4.78, 5) is 2.33. The highest BCUT2D eigenvalue weighted by atomic mass is 15.1. The molecular formula is C22H23N. The molecule has 0 N–H and O–H groups in total. The highest BCUT2D eigenvalue weighted by Gasteiger charge is 2.14. The van der Waals surface area contributed by atoms with Crippen molar-refractivity contribution in [2.24, 2.45) is 0 Å². The summed E-state index contributed by atoms with van der Waals surface area (Å²) < 4.78 is 0. The minimum absolute atomic E-state index is 1.18. The molecule has 116 valence electrons. The first-order valence-electron chi connectivity index (χ1n) is 8.06. The largest absolute Gasteiger partial charge is 0.310 e. The first-order valence-corrected chi connectivity index (χ1v) is 8.06. The highest BCUT2D eigenvalue weighted by molar-refractivity contribution is 5.78. The molecule has 3 rings (SSSR count). The van der Waals surface area contributed by atoms with Gasteiger partial charge in [0.2, 0.25) is 0 Å².